The number of nitrogens with one attached hydrogen (secondary N) is 1. The molecule has 1 aromatic rings. The van der Waals surface area contributed by atoms with Crippen molar-refractivity contribution in [2.24, 2.45) is 16.6 Å². The van der Waals surface area contributed by atoms with Gasteiger partial charge in [0.05, 0.1) is 11.6 Å². The summed E-state index contributed by atoms with van der Waals surface area (Å²) in [5.74, 6) is 0.315. The second kappa shape index (κ2) is 10.5. The summed E-state index contributed by atoms with van der Waals surface area (Å²) in [5, 5.41) is 3.25. The van der Waals surface area contributed by atoms with E-state index in [4.69, 9.17) is 22.1 Å². The van der Waals surface area contributed by atoms with Crippen LogP contribution in [0.4, 0.5) is 4.39 Å². The summed E-state index contributed by atoms with van der Waals surface area (Å²) in [7, 11) is 3.69. The van der Waals surface area contributed by atoms with Crippen molar-refractivity contribution in [3.8, 4) is 0 Å². The molecule has 1 aliphatic heterocycles. The molecule has 0 spiro atoms. The lowest BCUT2D eigenvalue weighted by molar-refractivity contribution is 0.179. The summed E-state index contributed by atoms with van der Waals surface area (Å²) in [6.45, 7) is 4.09. The van der Waals surface area contributed by atoms with Crippen LogP contribution in [-0.4, -0.2) is 50.8 Å². The second-order valence-corrected chi connectivity index (χ2v) is 6.78. The molecule has 0 radical (unpaired) electrons. The molecule has 0 aromatic heterocycles. The van der Waals surface area contributed by atoms with E-state index < -0.39 is 0 Å². The average Bonchev–Trinajstić information content (AvgIpc) is 2.89. The third kappa shape index (κ3) is 6.23. The van der Waals surface area contributed by atoms with Gasteiger partial charge in [0.25, 0.3) is 0 Å². The Morgan fingerprint density at radius 1 is 1.56 bits per heavy atom. The van der Waals surface area contributed by atoms with Gasteiger partial charge in [0.15, 0.2) is 5.96 Å². The first-order chi connectivity index (χ1) is 11.4. The van der Waals surface area contributed by atoms with Gasteiger partial charge in [-0.15, -0.1) is 24.0 Å². The molecule has 0 saturated carbocycles. The lowest BCUT2D eigenvalue weighted by Crippen LogP contribution is -2.41. The van der Waals surface area contributed by atoms with E-state index in [0.29, 0.717) is 19.1 Å². The van der Waals surface area contributed by atoms with Crippen LogP contribution in [0.2, 0.25) is 5.02 Å². The van der Waals surface area contributed by atoms with Crippen molar-refractivity contribution < 1.29 is 9.13 Å². The van der Waals surface area contributed by atoms with Crippen molar-refractivity contribution in [2.75, 3.05) is 33.9 Å². The van der Waals surface area contributed by atoms with Crippen LogP contribution in [0.5, 0.6) is 0 Å². The minimum Gasteiger partial charge on any atom is -0.383 e. The van der Waals surface area contributed by atoms with Gasteiger partial charge in [-0.1, -0.05) is 17.7 Å². The highest BCUT2D eigenvalue weighted by molar-refractivity contribution is 14.0. The number of guanidine groups is 1. The Hall–Kier alpha value is -0.640. The number of benzene rings is 1. The molecular weight excluding hydrogens is 458 g/mol. The quantitative estimate of drug-likeness (QED) is 0.370. The first kappa shape index (κ1) is 22.4. The number of rotatable bonds is 6. The molecule has 1 aromatic carbocycles. The fourth-order valence-electron chi connectivity index (χ4n) is 3.25. The van der Waals surface area contributed by atoms with E-state index in [1.54, 1.807) is 13.2 Å². The highest BCUT2D eigenvalue weighted by Crippen LogP contribution is 2.37. The van der Waals surface area contributed by atoms with Crippen LogP contribution in [-0.2, 0) is 4.74 Å². The van der Waals surface area contributed by atoms with E-state index in [0.717, 1.165) is 18.5 Å². The van der Waals surface area contributed by atoms with Crippen molar-refractivity contribution in [2.45, 2.75) is 25.4 Å². The van der Waals surface area contributed by atoms with Gasteiger partial charge in [0, 0.05) is 25.7 Å². The SMILES string of the molecule is COCC(C)NC(N)=NCC1CCN(C)C1c1ccc(Cl)c(F)c1.I. The summed E-state index contributed by atoms with van der Waals surface area (Å²) in [5.41, 5.74) is 6.87. The number of nitrogens with two attached hydrogens (primary N) is 1. The summed E-state index contributed by atoms with van der Waals surface area (Å²) >= 11 is 5.79. The molecule has 1 saturated heterocycles. The maximum atomic E-state index is 13.8. The highest BCUT2D eigenvalue weighted by atomic mass is 127. The number of likely N-dealkylation sites (tertiary alicyclic amines) is 1. The Morgan fingerprint density at radius 3 is 2.92 bits per heavy atom. The molecule has 0 amide bonds. The minimum atomic E-state index is -0.383. The summed E-state index contributed by atoms with van der Waals surface area (Å²) in [4.78, 5) is 6.68. The van der Waals surface area contributed by atoms with E-state index >= 15 is 0 Å². The average molecular weight is 485 g/mol. The van der Waals surface area contributed by atoms with E-state index in [1.807, 2.05) is 20.0 Å². The standard InChI is InChI=1S/C17H26ClFN4O.HI/c1-11(10-24-3)22-17(20)21-9-13-6-7-23(2)16(13)12-4-5-14(18)15(19)8-12;/h4-5,8,11,13,16H,6-7,9-10H2,1-3H3,(H3,20,21,22);1H. The third-order valence-electron chi connectivity index (χ3n) is 4.37. The van der Waals surface area contributed by atoms with Crippen LogP contribution >= 0.6 is 35.6 Å². The Bertz CT molecular complexity index is 590. The molecule has 0 aliphatic carbocycles. The monoisotopic (exact) mass is 484 g/mol. The fourth-order valence-corrected chi connectivity index (χ4v) is 3.36. The fraction of sp³-hybridized carbons (Fsp3) is 0.588. The molecular formula is C17H27ClFIN4O. The normalized spacial score (nSPS) is 22.5. The van der Waals surface area contributed by atoms with Crippen LogP contribution in [0.25, 0.3) is 0 Å². The topological polar surface area (TPSA) is 62.9 Å². The molecule has 1 aliphatic rings. The van der Waals surface area contributed by atoms with Crippen molar-refractivity contribution in [3.05, 3.63) is 34.6 Å². The Labute approximate surface area is 171 Å². The molecule has 0 bridgehead atoms. The van der Waals surface area contributed by atoms with Gasteiger partial charge in [-0.3, -0.25) is 9.89 Å². The number of methoxy groups -OCH3 is 1. The van der Waals surface area contributed by atoms with Gasteiger partial charge in [0.1, 0.15) is 5.82 Å². The van der Waals surface area contributed by atoms with Crippen LogP contribution in [0, 0.1) is 11.7 Å². The Balaban J connectivity index is 0.00000312. The zero-order chi connectivity index (χ0) is 17.7. The first-order valence-corrected chi connectivity index (χ1v) is 8.50. The van der Waals surface area contributed by atoms with E-state index in [9.17, 15) is 4.39 Å². The van der Waals surface area contributed by atoms with Crippen molar-refractivity contribution in [1.82, 2.24) is 10.2 Å². The van der Waals surface area contributed by atoms with Gasteiger partial charge in [-0.05, 0) is 50.6 Å². The number of hydrogen-bond acceptors (Lipinski definition) is 3. The van der Waals surface area contributed by atoms with Crippen LogP contribution < -0.4 is 11.1 Å². The number of ether oxygens (including phenoxy) is 1. The largest absolute Gasteiger partial charge is 0.383 e. The van der Waals surface area contributed by atoms with Crippen LogP contribution in [0.3, 0.4) is 0 Å². The molecule has 2 rings (SSSR count). The zero-order valence-electron chi connectivity index (χ0n) is 14.8. The molecule has 1 heterocycles. The lowest BCUT2D eigenvalue weighted by Gasteiger charge is -2.25. The Morgan fingerprint density at radius 2 is 2.28 bits per heavy atom. The minimum absolute atomic E-state index is 0. The van der Waals surface area contributed by atoms with Crippen LogP contribution in [0.15, 0.2) is 23.2 Å². The van der Waals surface area contributed by atoms with E-state index in [1.165, 1.54) is 6.07 Å². The van der Waals surface area contributed by atoms with Crippen molar-refractivity contribution in [1.29, 1.82) is 0 Å². The van der Waals surface area contributed by atoms with Gasteiger partial charge in [0.2, 0.25) is 0 Å². The van der Waals surface area contributed by atoms with Crippen LogP contribution in [0.1, 0.15) is 24.9 Å². The molecule has 5 nitrogen and oxygen atoms in total. The third-order valence-corrected chi connectivity index (χ3v) is 4.67. The molecule has 1 fully saturated rings. The lowest BCUT2D eigenvalue weighted by atomic mass is 9.94. The summed E-state index contributed by atoms with van der Waals surface area (Å²) in [6, 6.07) is 5.24. The maximum absolute atomic E-state index is 13.8. The molecule has 3 atom stereocenters. The predicted molar refractivity (Wildman–Crippen MR) is 111 cm³/mol. The number of nitrogens with zero attached hydrogens (tertiary/aromatic N) is 2. The molecule has 3 unspecified atom stereocenters. The number of halogens is 3. The van der Waals surface area contributed by atoms with Crippen molar-refractivity contribution >= 4 is 41.5 Å². The van der Waals surface area contributed by atoms with Crippen molar-refractivity contribution in [3.63, 3.8) is 0 Å². The highest BCUT2D eigenvalue weighted by Gasteiger charge is 2.33. The number of aliphatic imine (C=N–C) groups is 1. The molecule has 25 heavy (non-hydrogen) atoms. The second-order valence-electron chi connectivity index (χ2n) is 6.37. The first-order valence-electron chi connectivity index (χ1n) is 8.13. The van der Waals surface area contributed by atoms with E-state index in [2.05, 4.69) is 15.2 Å². The summed E-state index contributed by atoms with van der Waals surface area (Å²) in [6.07, 6.45) is 0.996. The zero-order valence-corrected chi connectivity index (χ0v) is 17.9. The smallest absolute Gasteiger partial charge is 0.188 e. The van der Waals surface area contributed by atoms with Gasteiger partial charge >= 0.3 is 0 Å². The van der Waals surface area contributed by atoms with Gasteiger partial charge in [-0.2, -0.15) is 0 Å². The number of hydrogen-bond donors (Lipinski definition) is 2. The predicted octanol–water partition coefficient (Wildman–Crippen LogP) is 3.03. The van der Waals surface area contributed by atoms with E-state index in [-0.39, 0.29) is 52.8 Å². The molecule has 8 heteroatoms. The van der Waals surface area contributed by atoms with Gasteiger partial charge in [-0.25, -0.2) is 4.39 Å². The Kier molecular flexibility index (Phi) is 9.40. The molecule has 142 valence electrons. The van der Waals surface area contributed by atoms with Gasteiger partial charge < -0.3 is 15.8 Å². The molecule has 3 N–H and O–H groups in total. The maximum Gasteiger partial charge on any atom is 0.188 e. The summed E-state index contributed by atoms with van der Waals surface area (Å²) < 4.78 is 18.9.